The molecule has 0 spiro atoms. The van der Waals surface area contributed by atoms with Crippen LogP contribution in [0.4, 0.5) is 0 Å². The molecule has 2 heterocycles. The molecule has 0 saturated carbocycles. The molecule has 0 saturated heterocycles. The maximum atomic E-state index is 12.8. The molecule has 0 aliphatic carbocycles. The molecule has 150 valence electrons. The average molecular weight is 425 g/mol. The number of amides is 1. The first-order valence-corrected chi connectivity index (χ1v) is 11.5. The number of thioether (sulfide) groups is 1. The van der Waals surface area contributed by atoms with E-state index in [4.69, 9.17) is 4.74 Å². The van der Waals surface area contributed by atoms with E-state index in [1.807, 2.05) is 16.3 Å². The topological polar surface area (TPSA) is 42.4 Å². The van der Waals surface area contributed by atoms with Crippen molar-refractivity contribution in [2.24, 2.45) is 0 Å². The van der Waals surface area contributed by atoms with Gasteiger partial charge in [-0.3, -0.25) is 4.79 Å². The molecule has 1 amide bonds. The number of rotatable bonds is 6. The third-order valence-electron chi connectivity index (χ3n) is 5.12. The van der Waals surface area contributed by atoms with Gasteiger partial charge in [-0.05, 0) is 42.2 Å². The van der Waals surface area contributed by atoms with E-state index in [1.54, 1.807) is 30.2 Å². The van der Waals surface area contributed by atoms with Crippen LogP contribution in [0, 0.1) is 6.92 Å². The van der Waals surface area contributed by atoms with Crippen LogP contribution in [0.25, 0.3) is 0 Å². The first-order valence-electron chi connectivity index (χ1n) is 9.67. The Bertz CT molecular complexity index is 998. The molecule has 0 atom stereocenters. The van der Waals surface area contributed by atoms with E-state index in [9.17, 15) is 4.79 Å². The number of ether oxygens (including phenoxy) is 1. The molecule has 3 aromatic rings. The van der Waals surface area contributed by atoms with Gasteiger partial charge >= 0.3 is 0 Å². The predicted octanol–water partition coefficient (Wildman–Crippen LogP) is 4.88. The summed E-state index contributed by atoms with van der Waals surface area (Å²) in [6, 6.07) is 14.7. The van der Waals surface area contributed by atoms with E-state index >= 15 is 0 Å². The van der Waals surface area contributed by atoms with Crippen molar-refractivity contribution < 1.29 is 9.53 Å². The van der Waals surface area contributed by atoms with Crippen molar-refractivity contribution in [3.8, 4) is 5.75 Å². The Kier molecular flexibility index (Phi) is 6.21. The van der Waals surface area contributed by atoms with E-state index in [0.717, 1.165) is 34.5 Å². The Balaban J connectivity index is 1.32. The lowest BCUT2D eigenvalue weighted by Crippen LogP contribution is -2.36. The number of hydrogen-bond acceptors (Lipinski definition) is 5. The van der Waals surface area contributed by atoms with Gasteiger partial charge in [0.15, 0.2) is 0 Å². The van der Waals surface area contributed by atoms with Gasteiger partial charge in [0.1, 0.15) is 10.1 Å². The minimum absolute atomic E-state index is 0.145. The van der Waals surface area contributed by atoms with Crippen LogP contribution in [-0.2, 0) is 29.9 Å². The molecule has 29 heavy (non-hydrogen) atoms. The van der Waals surface area contributed by atoms with Crippen molar-refractivity contribution in [1.29, 1.82) is 0 Å². The number of aryl methyl sites for hydroxylation is 1. The quantitative estimate of drug-likeness (QED) is 0.529. The second-order valence-corrected chi connectivity index (χ2v) is 9.34. The Hall–Kier alpha value is -2.31. The number of thiazole rings is 1. The van der Waals surface area contributed by atoms with Gasteiger partial charge in [0.25, 0.3) is 0 Å². The second-order valence-electron chi connectivity index (χ2n) is 7.26. The van der Waals surface area contributed by atoms with Gasteiger partial charge in [-0.25, -0.2) is 4.98 Å². The van der Waals surface area contributed by atoms with E-state index in [2.05, 4.69) is 48.3 Å². The fraction of sp³-hybridized carbons (Fsp3) is 0.304. The van der Waals surface area contributed by atoms with Crippen LogP contribution in [-0.4, -0.2) is 29.4 Å². The van der Waals surface area contributed by atoms with Gasteiger partial charge in [-0.1, -0.05) is 47.7 Å². The fourth-order valence-electron chi connectivity index (χ4n) is 3.40. The summed E-state index contributed by atoms with van der Waals surface area (Å²) in [6.07, 6.45) is 1.24. The van der Waals surface area contributed by atoms with E-state index in [1.165, 1.54) is 22.3 Å². The zero-order chi connectivity index (χ0) is 20.2. The van der Waals surface area contributed by atoms with E-state index < -0.39 is 0 Å². The van der Waals surface area contributed by atoms with E-state index in [0.29, 0.717) is 13.0 Å². The number of carbonyl (C=O) groups excluding carboxylic acids is 1. The fourth-order valence-corrected chi connectivity index (χ4v) is 5.20. The minimum atomic E-state index is 0.145. The summed E-state index contributed by atoms with van der Waals surface area (Å²) in [7, 11) is 1.68. The number of aromatic nitrogens is 1. The van der Waals surface area contributed by atoms with Gasteiger partial charge in [0.05, 0.1) is 19.2 Å². The molecular weight excluding hydrogens is 400 g/mol. The molecule has 4 rings (SSSR count). The van der Waals surface area contributed by atoms with E-state index in [-0.39, 0.29) is 5.91 Å². The Labute approximate surface area is 179 Å². The van der Waals surface area contributed by atoms with Gasteiger partial charge in [-0.15, -0.1) is 11.3 Å². The van der Waals surface area contributed by atoms with Gasteiger partial charge in [-0.2, -0.15) is 0 Å². The molecule has 0 fully saturated rings. The van der Waals surface area contributed by atoms with Crippen molar-refractivity contribution in [2.75, 3.05) is 13.7 Å². The highest BCUT2D eigenvalue weighted by molar-refractivity contribution is 8.00. The van der Waals surface area contributed by atoms with Crippen LogP contribution >= 0.6 is 23.1 Å². The maximum absolute atomic E-state index is 12.8. The highest BCUT2D eigenvalue weighted by Crippen LogP contribution is 2.27. The first kappa shape index (κ1) is 20.0. The van der Waals surface area contributed by atoms with Crippen molar-refractivity contribution >= 4 is 29.0 Å². The summed E-state index contributed by atoms with van der Waals surface area (Å²) in [4.78, 5) is 19.4. The summed E-state index contributed by atoms with van der Waals surface area (Å²) < 4.78 is 6.32. The van der Waals surface area contributed by atoms with Crippen molar-refractivity contribution in [2.45, 2.75) is 36.4 Å². The number of methoxy groups -OCH3 is 1. The summed E-state index contributed by atoms with van der Waals surface area (Å²) in [5.74, 6) is 1.92. The molecule has 0 radical (unpaired) electrons. The number of hydrogen-bond donors (Lipinski definition) is 0. The molecule has 0 bridgehead atoms. The third kappa shape index (κ3) is 5.00. The highest BCUT2D eigenvalue weighted by Gasteiger charge is 2.22. The maximum Gasteiger partial charge on any atom is 0.228 e. The minimum Gasteiger partial charge on any atom is -0.497 e. The van der Waals surface area contributed by atoms with Crippen molar-refractivity contribution in [3.63, 3.8) is 0 Å². The average Bonchev–Trinajstić information content (AvgIpc) is 3.19. The zero-order valence-corrected chi connectivity index (χ0v) is 18.3. The second kappa shape index (κ2) is 9.01. The molecule has 0 N–H and O–H groups in total. The van der Waals surface area contributed by atoms with Crippen LogP contribution in [0.15, 0.2) is 52.2 Å². The molecule has 4 nitrogen and oxygen atoms in total. The molecule has 2 aromatic carbocycles. The van der Waals surface area contributed by atoms with Gasteiger partial charge in [0.2, 0.25) is 5.91 Å². The number of carbonyl (C=O) groups is 1. The van der Waals surface area contributed by atoms with Crippen LogP contribution in [0.3, 0.4) is 0 Å². The first-order chi connectivity index (χ1) is 14.1. The van der Waals surface area contributed by atoms with Gasteiger partial charge in [0, 0.05) is 24.2 Å². The zero-order valence-electron chi connectivity index (χ0n) is 16.7. The monoisotopic (exact) mass is 424 g/mol. The Morgan fingerprint density at radius 3 is 2.83 bits per heavy atom. The number of nitrogens with zero attached hydrogens (tertiary/aromatic N) is 2. The largest absolute Gasteiger partial charge is 0.497 e. The lowest BCUT2D eigenvalue weighted by molar-refractivity contribution is -0.131. The Morgan fingerprint density at radius 1 is 1.21 bits per heavy atom. The SMILES string of the molecule is COc1ccc2c(c1)CCN(C(=O)Cc1csc(SCc3ccc(C)cc3)n1)C2. The molecule has 6 heteroatoms. The summed E-state index contributed by atoms with van der Waals surface area (Å²) in [5, 5.41) is 2.01. The molecule has 1 aliphatic rings. The van der Waals surface area contributed by atoms with Crippen LogP contribution < -0.4 is 4.74 Å². The number of fused-ring (bicyclic) bond motifs is 1. The highest BCUT2D eigenvalue weighted by atomic mass is 32.2. The smallest absolute Gasteiger partial charge is 0.228 e. The summed E-state index contributed by atoms with van der Waals surface area (Å²) in [6.45, 7) is 3.51. The van der Waals surface area contributed by atoms with Crippen LogP contribution in [0.2, 0.25) is 0 Å². The lowest BCUT2D eigenvalue weighted by atomic mass is 9.99. The number of benzene rings is 2. The van der Waals surface area contributed by atoms with Gasteiger partial charge < -0.3 is 9.64 Å². The molecule has 1 aromatic heterocycles. The molecule has 0 unspecified atom stereocenters. The third-order valence-corrected chi connectivity index (χ3v) is 7.27. The van der Waals surface area contributed by atoms with Crippen molar-refractivity contribution in [3.05, 3.63) is 75.8 Å². The normalized spacial score (nSPS) is 13.2. The molecule has 1 aliphatic heterocycles. The lowest BCUT2D eigenvalue weighted by Gasteiger charge is -2.29. The summed E-state index contributed by atoms with van der Waals surface area (Å²) in [5.41, 5.74) is 5.91. The summed E-state index contributed by atoms with van der Waals surface area (Å²) >= 11 is 3.35. The Morgan fingerprint density at radius 2 is 2.03 bits per heavy atom. The predicted molar refractivity (Wildman–Crippen MR) is 119 cm³/mol. The van der Waals surface area contributed by atoms with Crippen LogP contribution in [0.5, 0.6) is 5.75 Å². The van der Waals surface area contributed by atoms with Crippen molar-refractivity contribution in [1.82, 2.24) is 9.88 Å². The standard InChI is InChI=1S/C23H24N2O2S2/c1-16-3-5-17(6-4-16)14-28-23-24-20(15-29-23)12-22(26)25-10-9-18-11-21(27-2)8-7-19(18)13-25/h3-8,11,15H,9-10,12-14H2,1-2H3. The van der Waals surface area contributed by atoms with Crippen LogP contribution in [0.1, 0.15) is 27.9 Å². The molecular formula is C23H24N2O2S2.